The minimum atomic E-state index is -0.750. The number of aromatic amines is 2. The van der Waals surface area contributed by atoms with E-state index in [1.165, 1.54) is 14.2 Å². The van der Waals surface area contributed by atoms with E-state index >= 15 is 0 Å². The lowest BCUT2D eigenvalue weighted by atomic mass is 9.85. The van der Waals surface area contributed by atoms with Crippen molar-refractivity contribution in [2.24, 2.45) is 11.3 Å². The molecule has 0 unspecified atom stereocenters. The van der Waals surface area contributed by atoms with Crippen LogP contribution < -0.4 is 10.6 Å². The van der Waals surface area contributed by atoms with Crippen LogP contribution in [0.1, 0.15) is 95.2 Å². The summed E-state index contributed by atoms with van der Waals surface area (Å²) in [5.74, 6) is 7.50. The molecule has 0 bridgehead atoms. The van der Waals surface area contributed by atoms with Crippen LogP contribution in [-0.4, -0.2) is 93.1 Å². The SMILES string of the molecule is COC(=O)N[C@H](C(=O)N1CCC[C@H]1c1ncc(-c2ccc(C#Cc3ccc4nc([C@@H]5CCCN5C(=O)[C@@H](NC(=O)OC)C(C)(C)C)[nH]c4c3)cc2)[nH]1)C(C)C. The minimum absolute atomic E-state index is 0.110. The number of alkyl carbamates (subject to hydrolysis) is 2. The summed E-state index contributed by atoms with van der Waals surface area (Å²) in [5.41, 5.74) is 4.52. The monoisotopic (exact) mass is 750 g/mol. The van der Waals surface area contributed by atoms with Crippen LogP contribution in [0.25, 0.3) is 22.3 Å². The number of hydrogen-bond donors (Lipinski definition) is 4. The van der Waals surface area contributed by atoms with E-state index in [4.69, 9.17) is 14.5 Å². The number of carbonyl (C=O) groups excluding carboxylic acids is 4. The highest BCUT2D eigenvalue weighted by Crippen LogP contribution is 2.35. The molecule has 2 fully saturated rings. The Labute approximate surface area is 321 Å². The summed E-state index contributed by atoms with van der Waals surface area (Å²) in [6.07, 6.45) is 3.71. The smallest absolute Gasteiger partial charge is 0.407 e. The van der Waals surface area contributed by atoms with Crippen LogP contribution in [0.4, 0.5) is 9.59 Å². The summed E-state index contributed by atoms with van der Waals surface area (Å²) in [5, 5.41) is 5.41. The molecule has 0 radical (unpaired) electrons. The van der Waals surface area contributed by atoms with Crippen molar-refractivity contribution in [3.05, 3.63) is 71.4 Å². The third kappa shape index (κ3) is 8.61. The summed E-state index contributed by atoms with van der Waals surface area (Å²) in [6, 6.07) is 11.8. The molecule has 4 atom stereocenters. The lowest BCUT2D eigenvalue weighted by Crippen LogP contribution is -2.54. The predicted molar refractivity (Wildman–Crippen MR) is 206 cm³/mol. The summed E-state index contributed by atoms with van der Waals surface area (Å²) in [6.45, 7) is 10.7. The molecule has 14 heteroatoms. The molecule has 2 aromatic carbocycles. The van der Waals surface area contributed by atoms with Gasteiger partial charge in [0.2, 0.25) is 11.8 Å². The van der Waals surface area contributed by atoms with E-state index in [1.54, 1.807) is 16.0 Å². The summed E-state index contributed by atoms with van der Waals surface area (Å²) in [7, 11) is 2.57. The molecule has 2 saturated heterocycles. The van der Waals surface area contributed by atoms with Gasteiger partial charge in [-0.3, -0.25) is 9.59 Å². The highest BCUT2D eigenvalue weighted by molar-refractivity contribution is 5.88. The minimum Gasteiger partial charge on any atom is -0.453 e. The second-order valence-corrected chi connectivity index (χ2v) is 15.5. The second kappa shape index (κ2) is 16.3. The zero-order valence-electron chi connectivity index (χ0n) is 32.5. The van der Waals surface area contributed by atoms with Crippen LogP contribution >= 0.6 is 0 Å². The molecular formula is C41H50N8O6. The molecule has 6 rings (SSSR count). The molecule has 4 aromatic rings. The largest absolute Gasteiger partial charge is 0.453 e. The Balaban J connectivity index is 1.13. The van der Waals surface area contributed by atoms with E-state index in [0.29, 0.717) is 24.7 Å². The van der Waals surface area contributed by atoms with Gasteiger partial charge in [-0.25, -0.2) is 19.6 Å². The molecule has 55 heavy (non-hydrogen) atoms. The predicted octanol–water partition coefficient (Wildman–Crippen LogP) is 5.83. The van der Waals surface area contributed by atoms with Gasteiger partial charge in [0.25, 0.3) is 0 Å². The molecule has 4 amide bonds. The second-order valence-electron chi connectivity index (χ2n) is 15.5. The quantitative estimate of drug-likeness (QED) is 0.163. The molecule has 290 valence electrons. The molecular weight excluding hydrogens is 701 g/mol. The number of nitrogens with zero attached hydrogens (tertiary/aromatic N) is 4. The first-order valence-electron chi connectivity index (χ1n) is 18.7. The average molecular weight is 751 g/mol. The van der Waals surface area contributed by atoms with E-state index in [0.717, 1.165) is 59.1 Å². The number of imidazole rings is 2. The van der Waals surface area contributed by atoms with Gasteiger partial charge in [0.1, 0.15) is 23.7 Å². The van der Waals surface area contributed by atoms with E-state index in [1.807, 2.05) is 77.1 Å². The maximum Gasteiger partial charge on any atom is 0.407 e. The first-order valence-corrected chi connectivity index (χ1v) is 18.7. The normalized spacial score (nSPS) is 18.1. The number of fused-ring (bicyclic) bond motifs is 1. The first-order chi connectivity index (χ1) is 26.3. The Morgan fingerprint density at radius 1 is 0.818 bits per heavy atom. The highest BCUT2D eigenvalue weighted by atomic mass is 16.5. The van der Waals surface area contributed by atoms with Gasteiger partial charge in [-0.1, -0.05) is 58.6 Å². The number of H-pyrrole nitrogens is 2. The topological polar surface area (TPSA) is 175 Å². The summed E-state index contributed by atoms with van der Waals surface area (Å²) in [4.78, 5) is 71.2. The molecule has 4 heterocycles. The van der Waals surface area contributed by atoms with Crippen molar-refractivity contribution >= 4 is 35.0 Å². The number of aromatic nitrogens is 4. The number of likely N-dealkylation sites (tertiary alicyclic amines) is 2. The number of hydrogen-bond acceptors (Lipinski definition) is 8. The molecule has 2 aliphatic rings. The Bertz CT molecular complexity index is 2100. The van der Waals surface area contributed by atoms with E-state index in [9.17, 15) is 19.2 Å². The lowest BCUT2D eigenvalue weighted by molar-refractivity contribution is -0.137. The number of nitrogens with one attached hydrogen (secondary N) is 4. The molecule has 0 saturated carbocycles. The molecule has 0 aliphatic carbocycles. The van der Waals surface area contributed by atoms with Crippen LogP contribution in [0.3, 0.4) is 0 Å². The van der Waals surface area contributed by atoms with Crippen LogP contribution in [-0.2, 0) is 19.1 Å². The van der Waals surface area contributed by atoms with Crippen LogP contribution in [0.2, 0.25) is 0 Å². The van der Waals surface area contributed by atoms with Crippen molar-refractivity contribution < 1.29 is 28.7 Å². The maximum atomic E-state index is 13.7. The first kappa shape index (κ1) is 38.9. The number of benzene rings is 2. The van der Waals surface area contributed by atoms with Crippen molar-refractivity contribution in [1.82, 2.24) is 40.4 Å². The Morgan fingerprint density at radius 3 is 2.05 bits per heavy atom. The van der Waals surface area contributed by atoms with E-state index in [-0.39, 0.29) is 29.8 Å². The summed E-state index contributed by atoms with van der Waals surface area (Å²) < 4.78 is 9.54. The van der Waals surface area contributed by atoms with Gasteiger partial charge in [0, 0.05) is 24.2 Å². The number of amides is 4. The van der Waals surface area contributed by atoms with Crippen molar-refractivity contribution in [2.75, 3.05) is 27.3 Å². The Hall–Kier alpha value is -5.84. The van der Waals surface area contributed by atoms with Crippen LogP contribution in [0.15, 0.2) is 48.7 Å². The van der Waals surface area contributed by atoms with Gasteiger partial charge in [-0.2, -0.15) is 0 Å². The van der Waals surface area contributed by atoms with Gasteiger partial charge in [-0.15, -0.1) is 0 Å². The number of rotatable bonds is 8. The molecule has 14 nitrogen and oxygen atoms in total. The van der Waals surface area contributed by atoms with Gasteiger partial charge < -0.3 is 39.9 Å². The van der Waals surface area contributed by atoms with Crippen molar-refractivity contribution in [1.29, 1.82) is 0 Å². The van der Waals surface area contributed by atoms with Crippen molar-refractivity contribution in [3.63, 3.8) is 0 Å². The third-order valence-corrected chi connectivity index (χ3v) is 10.3. The Kier molecular flexibility index (Phi) is 11.5. The van der Waals surface area contributed by atoms with Crippen molar-refractivity contribution in [2.45, 2.75) is 84.5 Å². The Morgan fingerprint density at radius 2 is 1.42 bits per heavy atom. The molecule has 2 aliphatic heterocycles. The van der Waals surface area contributed by atoms with Gasteiger partial charge in [0.15, 0.2) is 0 Å². The summed E-state index contributed by atoms with van der Waals surface area (Å²) >= 11 is 0. The zero-order chi connectivity index (χ0) is 39.4. The molecule has 4 N–H and O–H groups in total. The number of ether oxygens (including phenoxy) is 2. The van der Waals surface area contributed by atoms with Crippen LogP contribution in [0, 0.1) is 23.2 Å². The zero-order valence-corrected chi connectivity index (χ0v) is 32.5. The van der Waals surface area contributed by atoms with Gasteiger partial charge in [0.05, 0.1) is 49.2 Å². The molecule has 0 spiro atoms. The van der Waals surface area contributed by atoms with Crippen LogP contribution in [0.5, 0.6) is 0 Å². The van der Waals surface area contributed by atoms with Gasteiger partial charge in [-0.05, 0) is 72.9 Å². The molecule has 2 aromatic heterocycles. The number of methoxy groups -OCH3 is 2. The number of carbonyl (C=O) groups is 4. The van der Waals surface area contributed by atoms with E-state index in [2.05, 4.69) is 37.4 Å². The highest BCUT2D eigenvalue weighted by Gasteiger charge is 2.41. The van der Waals surface area contributed by atoms with Gasteiger partial charge >= 0.3 is 12.2 Å². The maximum absolute atomic E-state index is 13.7. The fourth-order valence-corrected chi connectivity index (χ4v) is 7.29. The fraction of sp³-hybridized carbons (Fsp3) is 0.463. The third-order valence-electron chi connectivity index (χ3n) is 10.3. The van der Waals surface area contributed by atoms with E-state index < -0.39 is 29.7 Å². The van der Waals surface area contributed by atoms with Crippen molar-refractivity contribution in [3.8, 4) is 23.1 Å². The lowest BCUT2D eigenvalue weighted by Gasteiger charge is -2.34. The average Bonchev–Trinajstić information content (AvgIpc) is 4.00. The standard InChI is InChI=1S/C41H50N8O6/c1-24(2)33(46-39(52)54-6)37(50)48-20-8-10-31(48)35-42-23-30(45-35)27-17-14-25(15-18-27)12-13-26-16-19-28-29(22-26)44-36(43-28)32-11-9-21-49(32)38(51)34(41(3,4)5)47-40(53)55-7/h14-19,22-24,31-34H,8-11,20-21H2,1-7H3,(H,42,45)(H,43,44)(H,46,52)(H,47,53)/t31-,32-,33-,34+/m0/s1. The fourth-order valence-electron chi connectivity index (χ4n) is 7.29.